The van der Waals surface area contributed by atoms with Gasteiger partial charge in [0, 0.05) is 12.5 Å². The Bertz CT molecular complexity index is 196. The van der Waals surface area contributed by atoms with Crippen LogP contribution in [0.1, 0.15) is 6.92 Å². The van der Waals surface area contributed by atoms with Crippen molar-refractivity contribution < 1.29 is 23.1 Å². The topological polar surface area (TPSA) is 75.4 Å². The molecule has 0 bridgehead atoms. The van der Waals surface area contributed by atoms with Gasteiger partial charge in [-0.1, -0.05) is 6.92 Å². The van der Waals surface area contributed by atoms with Crippen LogP contribution in [-0.2, 0) is 4.79 Å². The lowest BCUT2D eigenvalue weighted by atomic mass is 10.1. The number of carbonyl (C=O) groups excluding carboxylic acids is 1. The summed E-state index contributed by atoms with van der Waals surface area (Å²) in [6.07, 6.45) is -7.24. The third-order valence-electron chi connectivity index (χ3n) is 1.65. The highest BCUT2D eigenvalue weighted by molar-refractivity contribution is 5.78. The fourth-order valence-electron chi connectivity index (χ4n) is 0.594. The monoisotopic (exact) mass is 214 g/mol. The van der Waals surface area contributed by atoms with Crippen molar-refractivity contribution in [3.05, 3.63) is 0 Å². The molecule has 14 heavy (non-hydrogen) atoms. The highest BCUT2D eigenvalue weighted by Gasteiger charge is 2.38. The molecule has 0 saturated heterocycles. The Balaban J connectivity index is 3.89. The smallest absolute Gasteiger partial charge is 0.382 e. The molecule has 0 aromatic heterocycles. The minimum absolute atomic E-state index is 0.0496. The molecule has 0 saturated carbocycles. The van der Waals surface area contributed by atoms with Gasteiger partial charge in [0.15, 0.2) is 6.10 Å². The number of alkyl halides is 3. The van der Waals surface area contributed by atoms with Crippen molar-refractivity contribution in [2.75, 3.05) is 13.1 Å². The number of rotatable bonds is 4. The third-order valence-corrected chi connectivity index (χ3v) is 1.65. The molecule has 0 aromatic carbocycles. The summed E-state index contributed by atoms with van der Waals surface area (Å²) >= 11 is 0. The van der Waals surface area contributed by atoms with E-state index in [1.807, 2.05) is 5.32 Å². The predicted octanol–water partition coefficient (Wildman–Crippen LogP) is -0.379. The quantitative estimate of drug-likeness (QED) is 0.597. The molecule has 84 valence electrons. The van der Waals surface area contributed by atoms with Crippen LogP contribution in [0.25, 0.3) is 0 Å². The van der Waals surface area contributed by atoms with Gasteiger partial charge >= 0.3 is 6.18 Å². The van der Waals surface area contributed by atoms with E-state index in [2.05, 4.69) is 0 Å². The Labute approximate surface area is 79.3 Å². The highest BCUT2D eigenvalue weighted by Crippen LogP contribution is 2.19. The fraction of sp³-hybridized carbons (Fsp3) is 0.857. The Hall–Kier alpha value is -0.820. The molecule has 2 unspecified atom stereocenters. The van der Waals surface area contributed by atoms with Crippen LogP contribution in [0.4, 0.5) is 13.2 Å². The van der Waals surface area contributed by atoms with Gasteiger partial charge in [-0.3, -0.25) is 4.79 Å². The van der Waals surface area contributed by atoms with Crippen molar-refractivity contribution in [3.8, 4) is 0 Å². The molecule has 2 atom stereocenters. The minimum atomic E-state index is -4.71. The van der Waals surface area contributed by atoms with Crippen LogP contribution in [0.5, 0.6) is 0 Å². The Morgan fingerprint density at radius 2 is 2.07 bits per heavy atom. The highest BCUT2D eigenvalue weighted by atomic mass is 19.4. The average molecular weight is 214 g/mol. The maximum Gasteiger partial charge on any atom is 0.416 e. The van der Waals surface area contributed by atoms with Gasteiger partial charge in [-0.15, -0.1) is 0 Å². The number of hydrogen-bond acceptors (Lipinski definition) is 3. The molecule has 0 spiro atoms. The van der Waals surface area contributed by atoms with E-state index < -0.39 is 30.7 Å². The van der Waals surface area contributed by atoms with Crippen molar-refractivity contribution in [3.63, 3.8) is 0 Å². The van der Waals surface area contributed by atoms with E-state index in [0.29, 0.717) is 0 Å². The maximum absolute atomic E-state index is 11.8. The molecular formula is C7H13F3N2O2. The fourth-order valence-corrected chi connectivity index (χ4v) is 0.594. The van der Waals surface area contributed by atoms with Crippen LogP contribution in [-0.4, -0.2) is 36.4 Å². The molecule has 4 nitrogen and oxygen atoms in total. The summed E-state index contributed by atoms with van der Waals surface area (Å²) in [6, 6.07) is 0. The molecule has 0 rings (SSSR count). The first-order chi connectivity index (χ1) is 6.29. The summed E-state index contributed by atoms with van der Waals surface area (Å²) in [5.74, 6) is -1.16. The van der Waals surface area contributed by atoms with Crippen LogP contribution in [0.2, 0.25) is 0 Å². The van der Waals surface area contributed by atoms with Crippen molar-refractivity contribution >= 4 is 5.91 Å². The van der Waals surface area contributed by atoms with Crippen LogP contribution in [0.15, 0.2) is 0 Å². The van der Waals surface area contributed by atoms with Gasteiger partial charge < -0.3 is 16.2 Å². The lowest BCUT2D eigenvalue weighted by molar-refractivity contribution is -0.201. The number of nitrogens with two attached hydrogens (primary N) is 1. The predicted molar refractivity (Wildman–Crippen MR) is 43.3 cm³/mol. The van der Waals surface area contributed by atoms with Gasteiger partial charge in [0.25, 0.3) is 0 Å². The lowest BCUT2D eigenvalue weighted by Gasteiger charge is -2.16. The first-order valence-electron chi connectivity index (χ1n) is 4.01. The van der Waals surface area contributed by atoms with Crippen LogP contribution in [0.3, 0.4) is 0 Å². The molecule has 7 heteroatoms. The normalized spacial score (nSPS) is 16.1. The van der Waals surface area contributed by atoms with Crippen molar-refractivity contribution in [1.82, 2.24) is 5.32 Å². The largest absolute Gasteiger partial charge is 0.416 e. The molecule has 0 aliphatic carbocycles. The van der Waals surface area contributed by atoms with Crippen molar-refractivity contribution in [2.45, 2.75) is 19.2 Å². The zero-order valence-corrected chi connectivity index (χ0v) is 7.64. The van der Waals surface area contributed by atoms with E-state index in [1.165, 1.54) is 6.92 Å². The van der Waals surface area contributed by atoms with Gasteiger partial charge in [0.2, 0.25) is 5.91 Å². The minimum Gasteiger partial charge on any atom is -0.382 e. The molecule has 0 aliphatic heterocycles. The average Bonchev–Trinajstić information content (AvgIpc) is 2.10. The van der Waals surface area contributed by atoms with Gasteiger partial charge in [-0.2, -0.15) is 13.2 Å². The van der Waals surface area contributed by atoms with Gasteiger partial charge in [0.1, 0.15) is 0 Å². The summed E-state index contributed by atoms with van der Waals surface area (Å²) < 4.78 is 35.3. The number of hydrogen-bond donors (Lipinski definition) is 3. The van der Waals surface area contributed by atoms with Crippen LogP contribution >= 0.6 is 0 Å². The van der Waals surface area contributed by atoms with Crippen LogP contribution in [0, 0.1) is 5.92 Å². The summed E-state index contributed by atoms with van der Waals surface area (Å²) in [5, 5.41) is 10.5. The second kappa shape index (κ2) is 5.16. The van der Waals surface area contributed by atoms with E-state index in [1.54, 1.807) is 0 Å². The van der Waals surface area contributed by atoms with E-state index >= 15 is 0 Å². The number of nitrogens with one attached hydrogen (secondary N) is 1. The Morgan fingerprint density at radius 1 is 1.57 bits per heavy atom. The molecule has 0 aliphatic rings. The molecule has 1 amide bonds. The van der Waals surface area contributed by atoms with E-state index in [0.717, 1.165) is 0 Å². The zero-order valence-electron chi connectivity index (χ0n) is 7.64. The first-order valence-corrected chi connectivity index (χ1v) is 4.01. The van der Waals surface area contributed by atoms with E-state index in [-0.39, 0.29) is 6.54 Å². The van der Waals surface area contributed by atoms with Crippen LogP contribution < -0.4 is 11.1 Å². The SMILES string of the molecule is CC(CN)C(=O)NCC(O)C(F)(F)F. The second-order valence-corrected chi connectivity index (χ2v) is 2.94. The van der Waals surface area contributed by atoms with Gasteiger partial charge in [-0.05, 0) is 0 Å². The zero-order chi connectivity index (χ0) is 11.4. The summed E-state index contributed by atoms with van der Waals surface area (Å²) in [7, 11) is 0. The second-order valence-electron chi connectivity index (χ2n) is 2.94. The number of carbonyl (C=O) groups is 1. The molecule has 0 fully saturated rings. The Morgan fingerprint density at radius 3 is 2.43 bits per heavy atom. The standard InChI is InChI=1S/C7H13F3N2O2/c1-4(2-11)6(14)12-3-5(13)7(8,9)10/h4-5,13H,2-3,11H2,1H3,(H,12,14). The number of halogens is 3. The van der Waals surface area contributed by atoms with E-state index in [9.17, 15) is 18.0 Å². The third kappa shape index (κ3) is 4.43. The number of aliphatic hydroxyl groups excluding tert-OH is 1. The number of amides is 1. The molecule has 0 radical (unpaired) electrons. The summed E-state index contributed by atoms with van der Waals surface area (Å²) in [5.41, 5.74) is 5.12. The summed E-state index contributed by atoms with van der Waals surface area (Å²) in [6.45, 7) is 0.690. The first kappa shape index (κ1) is 13.2. The van der Waals surface area contributed by atoms with Gasteiger partial charge in [-0.25, -0.2) is 0 Å². The van der Waals surface area contributed by atoms with Crippen molar-refractivity contribution in [2.24, 2.45) is 11.7 Å². The number of aliphatic hydroxyl groups is 1. The van der Waals surface area contributed by atoms with E-state index in [4.69, 9.17) is 10.8 Å². The Kier molecular flexibility index (Phi) is 4.86. The molecular weight excluding hydrogens is 201 g/mol. The lowest BCUT2D eigenvalue weighted by Crippen LogP contribution is -2.43. The summed E-state index contributed by atoms with van der Waals surface area (Å²) in [4.78, 5) is 10.9. The molecule has 0 heterocycles. The molecule has 0 aromatic rings. The van der Waals surface area contributed by atoms with Gasteiger partial charge in [0.05, 0.1) is 6.54 Å². The molecule has 4 N–H and O–H groups in total. The maximum atomic E-state index is 11.8. The van der Waals surface area contributed by atoms with Crippen molar-refractivity contribution in [1.29, 1.82) is 0 Å².